The van der Waals surface area contributed by atoms with Gasteiger partial charge in [0, 0.05) is 4.90 Å². The highest BCUT2D eigenvalue weighted by Gasteiger charge is 2.33. The summed E-state index contributed by atoms with van der Waals surface area (Å²) in [6.07, 6.45) is 3.84. The lowest BCUT2D eigenvalue weighted by atomic mass is 9.96. The van der Waals surface area contributed by atoms with E-state index >= 15 is 0 Å². The molecule has 0 unspecified atom stereocenters. The van der Waals surface area contributed by atoms with Crippen LogP contribution in [-0.4, -0.2) is 30.0 Å². The van der Waals surface area contributed by atoms with Gasteiger partial charge in [-0.15, -0.1) is 11.8 Å². The van der Waals surface area contributed by atoms with Gasteiger partial charge in [-0.25, -0.2) is 9.79 Å². The standard InChI is InChI=1S/C26H25BrN2O4S2/c1-5-32-20-12-7-16(13-19(20)27)14-21-24(30)29-23(17-8-10-18(34-4)11-9-17)22(25(31)33-6-2)15(3)28-26(29)35-21/h7-14,23H,5-6H2,1-4H3/b21-14-/t23-/m1/s1. The molecule has 182 valence electrons. The smallest absolute Gasteiger partial charge is 0.338 e. The quantitative estimate of drug-likeness (QED) is 0.303. The Balaban J connectivity index is 1.89. The lowest BCUT2D eigenvalue weighted by molar-refractivity contribution is -0.139. The van der Waals surface area contributed by atoms with E-state index in [1.54, 1.807) is 30.2 Å². The van der Waals surface area contributed by atoms with Crippen LogP contribution in [-0.2, 0) is 9.53 Å². The van der Waals surface area contributed by atoms with Crippen molar-refractivity contribution in [1.29, 1.82) is 0 Å². The number of allylic oxidation sites excluding steroid dienone is 1. The number of aromatic nitrogens is 1. The summed E-state index contributed by atoms with van der Waals surface area (Å²) in [5.74, 6) is 0.284. The lowest BCUT2D eigenvalue weighted by Gasteiger charge is -2.24. The number of nitrogens with zero attached hydrogens (tertiary/aromatic N) is 2. The van der Waals surface area contributed by atoms with Gasteiger partial charge >= 0.3 is 5.97 Å². The first-order valence-electron chi connectivity index (χ1n) is 11.1. The number of ether oxygens (including phenoxy) is 2. The van der Waals surface area contributed by atoms with E-state index in [2.05, 4.69) is 20.9 Å². The molecule has 1 aromatic heterocycles. The average molecular weight is 574 g/mol. The second-order valence-electron chi connectivity index (χ2n) is 7.70. The van der Waals surface area contributed by atoms with Crippen LogP contribution >= 0.6 is 39.0 Å². The third-order valence-corrected chi connectivity index (χ3v) is 7.85. The molecular formula is C26H25BrN2O4S2. The molecule has 0 fully saturated rings. The minimum Gasteiger partial charge on any atom is -0.493 e. The fraction of sp³-hybridized carbons (Fsp3) is 0.269. The molecule has 0 amide bonds. The van der Waals surface area contributed by atoms with Crippen molar-refractivity contribution in [1.82, 2.24) is 4.57 Å². The summed E-state index contributed by atoms with van der Waals surface area (Å²) >= 11 is 6.47. The van der Waals surface area contributed by atoms with E-state index in [9.17, 15) is 9.59 Å². The fourth-order valence-electron chi connectivity index (χ4n) is 3.92. The number of carbonyl (C=O) groups excluding carboxylic acids is 1. The van der Waals surface area contributed by atoms with Crippen molar-refractivity contribution in [3.63, 3.8) is 0 Å². The highest BCUT2D eigenvalue weighted by atomic mass is 79.9. The SMILES string of the molecule is CCOC(=O)C1=C(C)N=c2s/c(=C\c3ccc(OCC)c(Br)c3)c(=O)n2[C@@H]1c1ccc(SC)cc1. The number of thioether (sulfide) groups is 1. The Morgan fingerprint density at radius 2 is 1.94 bits per heavy atom. The number of hydrogen-bond acceptors (Lipinski definition) is 7. The molecule has 35 heavy (non-hydrogen) atoms. The molecule has 1 aliphatic rings. The third-order valence-electron chi connectivity index (χ3n) is 5.50. The van der Waals surface area contributed by atoms with Gasteiger partial charge in [0.1, 0.15) is 5.75 Å². The summed E-state index contributed by atoms with van der Waals surface area (Å²) in [5, 5.41) is 0. The van der Waals surface area contributed by atoms with Gasteiger partial charge in [-0.2, -0.15) is 0 Å². The zero-order valence-corrected chi connectivity index (χ0v) is 23.1. The van der Waals surface area contributed by atoms with Crippen LogP contribution in [0.15, 0.2) is 72.9 Å². The highest BCUT2D eigenvalue weighted by Crippen LogP contribution is 2.32. The number of halogens is 1. The molecule has 2 aromatic carbocycles. The van der Waals surface area contributed by atoms with E-state index in [0.717, 1.165) is 26.2 Å². The Morgan fingerprint density at radius 3 is 2.57 bits per heavy atom. The second kappa shape index (κ2) is 11.0. The van der Waals surface area contributed by atoms with Gasteiger partial charge in [-0.3, -0.25) is 9.36 Å². The zero-order chi connectivity index (χ0) is 25.1. The number of benzene rings is 2. The summed E-state index contributed by atoms with van der Waals surface area (Å²) < 4.78 is 13.9. The van der Waals surface area contributed by atoms with E-state index in [4.69, 9.17) is 9.47 Å². The molecule has 0 spiro atoms. The topological polar surface area (TPSA) is 69.9 Å². The van der Waals surface area contributed by atoms with E-state index in [-0.39, 0.29) is 12.2 Å². The molecule has 4 rings (SSSR count). The number of fused-ring (bicyclic) bond motifs is 1. The number of rotatable bonds is 7. The predicted octanol–water partition coefficient (Wildman–Crippen LogP) is 4.68. The predicted molar refractivity (Wildman–Crippen MR) is 144 cm³/mol. The van der Waals surface area contributed by atoms with Gasteiger partial charge in [-0.05, 0) is 84.4 Å². The van der Waals surface area contributed by atoms with Crippen molar-refractivity contribution in [3.8, 4) is 5.75 Å². The largest absolute Gasteiger partial charge is 0.493 e. The first-order chi connectivity index (χ1) is 16.9. The Kier molecular flexibility index (Phi) is 7.98. The van der Waals surface area contributed by atoms with Gasteiger partial charge in [0.05, 0.1) is 39.5 Å². The van der Waals surface area contributed by atoms with Crippen LogP contribution < -0.4 is 19.6 Å². The molecule has 1 atom stereocenters. The molecular weight excluding hydrogens is 548 g/mol. The number of carbonyl (C=O) groups is 1. The van der Waals surface area contributed by atoms with Gasteiger partial charge in [0.2, 0.25) is 0 Å². The van der Waals surface area contributed by atoms with Gasteiger partial charge < -0.3 is 9.47 Å². The Hall–Kier alpha value is -2.62. The summed E-state index contributed by atoms with van der Waals surface area (Å²) in [6, 6.07) is 13.0. The molecule has 6 nitrogen and oxygen atoms in total. The molecule has 0 aliphatic carbocycles. The molecule has 0 saturated carbocycles. The molecule has 3 aromatic rings. The van der Waals surface area contributed by atoms with E-state index in [1.165, 1.54) is 11.3 Å². The van der Waals surface area contributed by atoms with Crippen LogP contribution in [0.3, 0.4) is 0 Å². The Labute approximate surface area is 220 Å². The number of hydrogen-bond donors (Lipinski definition) is 0. The maximum Gasteiger partial charge on any atom is 0.338 e. The summed E-state index contributed by atoms with van der Waals surface area (Å²) in [7, 11) is 0. The first kappa shape index (κ1) is 25.5. The van der Waals surface area contributed by atoms with E-state index in [1.807, 2.05) is 61.7 Å². The fourth-order valence-corrected chi connectivity index (χ4v) is 5.89. The molecule has 1 aliphatic heterocycles. The zero-order valence-electron chi connectivity index (χ0n) is 19.8. The molecule has 0 saturated heterocycles. The summed E-state index contributed by atoms with van der Waals surface area (Å²) in [6.45, 7) is 6.29. The average Bonchev–Trinajstić information content (AvgIpc) is 3.14. The van der Waals surface area contributed by atoms with E-state index < -0.39 is 12.0 Å². The van der Waals surface area contributed by atoms with Crippen molar-refractivity contribution in [2.45, 2.75) is 31.7 Å². The highest BCUT2D eigenvalue weighted by molar-refractivity contribution is 9.10. The monoisotopic (exact) mass is 572 g/mol. The van der Waals surface area contributed by atoms with Gasteiger partial charge in [-0.1, -0.05) is 29.5 Å². The number of thiazole rings is 1. The van der Waals surface area contributed by atoms with Crippen LogP contribution in [0.25, 0.3) is 6.08 Å². The van der Waals surface area contributed by atoms with Crippen LogP contribution in [0, 0.1) is 0 Å². The molecule has 9 heteroatoms. The van der Waals surface area contributed by atoms with Crippen molar-refractivity contribution < 1.29 is 14.3 Å². The summed E-state index contributed by atoms with van der Waals surface area (Å²) in [5.41, 5.74) is 2.42. The first-order valence-corrected chi connectivity index (χ1v) is 14.0. The Morgan fingerprint density at radius 1 is 1.20 bits per heavy atom. The summed E-state index contributed by atoms with van der Waals surface area (Å²) in [4.78, 5) is 32.9. The van der Waals surface area contributed by atoms with Crippen LogP contribution in [0.5, 0.6) is 5.75 Å². The lowest BCUT2D eigenvalue weighted by Crippen LogP contribution is -2.39. The molecule has 2 heterocycles. The van der Waals surface area contributed by atoms with Crippen molar-refractivity contribution >= 4 is 51.1 Å². The van der Waals surface area contributed by atoms with Gasteiger partial charge in [0.15, 0.2) is 4.80 Å². The molecule has 0 N–H and O–H groups in total. The van der Waals surface area contributed by atoms with Gasteiger partial charge in [0.25, 0.3) is 5.56 Å². The van der Waals surface area contributed by atoms with E-state index in [0.29, 0.717) is 27.2 Å². The van der Waals surface area contributed by atoms with Crippen LogP contribution in [0.4, 0.5) is 0 Å². The number of esters is 1. The van der Waals surface area contributed by atoms with Crippen molar-refractivity contribution in [2.24, 2.45) is 4.99 Å². The minimum absolute atomic E-state index is 0.202. The maximum absolute atomic E-state index is 13.7. The molecule has 0 bridgehead atoms. The van der Waals surface area contributed by atoms with Crippen LogP contribution in [0.1, 0.15) is 37.9 Å². The maximum atomic E-state index is 13.7. The molecule has 0 radical (unpaired) electrons. The van der Waals surface area contributed by atoms with Crippen molar-refractivity contribution in [3.05, 3.63) is 89.0 Å². The second-order valence-corrected chi connectivity index (χ2v) is 10.4. The van der Waals surface area contributed by atoms with Crippen LogP contribution in [0.2, 0.25) is 0 Å². The Bertz CT molecular complexity index is 1470. The normalized spacial score (nSPS) is 15.6. The third kappa shape index (κ3) is 5.17. The van der Waals surface area contributed by atoms with Crippen molar-refractivity contribution in [2.75, 3.05) is 19.5 Å². The minimum atomic E-state index is -0.615.